The fraction of sp³-hybridized carbons (Fsp3) is 0.138. The van der Waals surface area contributed by atoms with Crippen LogP contribution in [0.2, 0.25) is 0 Å². The second-order valence-electron chi connectivity index (χ2n) is 35.5. The zero-order valence-corrected chi connectivity index (χ0v) is 82.7. The number of fused-ring (bicyclic) bond motifs is 3. The predicted molar refractivity (Wildman–Crippen MR) is 578 cm³/mol. The van der Waals surface area contributed by atoms with Gasteiger partial charge in [-0.1, -0.05) is 322 Å². The monoisotopic (exact) mass is 1940 g/mol. The highest BCUT2D eigenvalue weighted by Gasteiger charge is 2.40. The number of aromatic nitrogens is 20. The number of carboxylic acids is 1. The van der Waals surface area contributed by atoms with Gasteiger partial charge in [-0.2, -0.15) is 0 Å². The van der Waals surface area contributed by atoms with Crippen LogP contribution in [0.3, 0.4) is 0 Å². The maximum Gasteiger partial charge on any atom is 0.305 e. The highest BCUT2D eigenvalue weighted by Crippen LogP contribution is 2.44. The molecule has 147 heavy (non-hydrogen) atoms. The number of nitrogens with zero attached hydrogens (tertiary/aromatic N) is 18. The molecular weight excluding hydrogens is 1820 g/mol. The molecule has 0 aliphatic heterocycles. The lowest BCUT2D eigenvalue weighted by Gasteiger charge is -2.37. The number of methoxy groups -OCH3 is 1. The first-order valence-corrected chi connectivity index (χ1v) is 48.9. The third kappa shape index (κ3) is 24.3. The van der Waals surface area contributed by atoms with Crippen LogP contribution in [0.25, 0.3) is 22.1 Å². The van der Waals surface area contributed by atoms with Crippen LogP contribution in [0.5, 0.6) is 5.75 Å². The van der Waals surface area contributed by atoms with Crippen LogP contribution in [-0.4, -0.2) is 121 Å². The number of aromatic amines is 2. The average Bonchev–Trinajstić information content (AvgIpc) is 1.72. The Morgan fingerprint density at radius 2 is 0.735 bits per heavy atom. The highest BCUT2D eigenvalue weighted by atomic mass is 16.5. The summed E-state index contributed by atoms with van der Waals surface area (Å²) in [5, 5.41) is 9.11. The van der Waals surface area contributed by atoms with Crippen molar-refractivity contribution >= 4 is 34.3 Å². The summed E-state index contributed by atoms with van der Waals surface area (Å²) in [5.41, 5.74) is 20.4. The molecule has 5 unspecified atom stereocenters. The Hall–Kier alpha value is -18.6. The van der Waals surface area contributed by atoms with E-state index in [1.807, 2.05) is 215 Å². The van der Waals surface area contributed by atoms with E-state index >= 15 is 0 Å². The van der Waals surface area contributed by atoms with Crippen molar-refractivity contribution in [1.29, 1.82) is 0 Å². The zero-order valence-electron chi connectivity index (χ0n) is 82.7. The molecule has 1 aliphatic rings. The van der Waals surface area contributed by atoms with E-state index in [-0.39, 0.29) is 24.5 Å². The molecule has 13 aromatic carbocycles. The summed E-state index contributed by atoms with van der Waals surface area (Å²) in [6, 6.07) is 124. The van der Waals surface area contributed by atoms with Crippen LogP contribution in [0.1, 0.15) is 170 Å². The number of benzene rings is 13. The number of hydrogen-bond acceptors (Lipinski definition) is 13. The SMILES string of the molecule is CC(c1ccccc1)n1ccnc1.COc1ccc(C(C)n2ccnc2)cc1.Cc1nc2ccc(C(C)n3ccnc3)cc2[nH]1.Cc1nc2ccc(C(CC(=O)O)n3ccnc3)cc2[nH]1.O=Cc1cn(C(c2ccccc2)(c2ccccc2)c2ccccc2)cn1.c1ccc(C(c2ccccc2)(c2ccccc2)n2ccnc2)cc1.c1ccc(C(c2ccccc2)n2ccnc2)cc1.c1ccc2c(c1)CCC2n1ccnc1. The van der Waals surface area contributed by atoms with Gasteiger partial charge in [-0.15, -0.1) is 0 Å². The van der Waals surface area contributed by atoms with Crippen molar-refractivity contribution in [2.24, 2.45) is 0 Å². The van der Waals surface area contributed by atoms with Crippen molar-refractivity contribution in [3.05, 3.63) is 597 Å². The van der Waals surface area contributed by atoms with Crippen molar-refractivity contribution < 1.29 is 19.4 Å². The van der Waals surface area contributed by atoms with Gasteiger partial charge in [-0.3, -0.25) is 9.59 Å². The number of aldehydes is 1. The van der Waals surface area contributed by atoms with Crippen LogP contribution >= 0.6 is 0 Å². The van der Waals surface area contributed by atoms with Gasteiger partial charge in [0.05, 0.1) is 122 Å². The molecule has 0 saturated carbocycles. The average molecular weight is 1940 g/mol. The van der Waals surface area contributed by atoms with E-state index in [4.69, 9.17) is 9.84 Å². The number of carboxylic acid groups (broad SMARTS) is 1. The zero-order chi connectivity index (χ0) is 101. The van der Waals surface area contributed by atoms with Crippen LogP contribution in [0, 0.1) is 13.8 Å². The summed E-state index contributed by atoms with van der Waals surface area (Å²) in [4.78, 5) is 70.6. The van der Waals surface area contributed by atoms with Gasteiger partial charge in [0.1, 0.15) is 34.2 Å². The Labute approximate surface area is 855 Å². The van der Waals surface area contributed by atoms with Gasteiger partial charge in [0.15, 0.2) is 6.29 Å². The Balaban J connectivity index is 0.000000116. The Morgan fingerprint density at radius 3 is 1.13 bits per heavy atom. The molecule has 1 aliphatic carbocycles. The number of hydrogen-bond donors (Lipinski definition) is 3. The van der Waals surface area contributed by atoms with Crippen LogP contribution in [-0.2, 0) is 22.3 Å². The number of aryl methyl sites for hydroxylation is 3. The lowest BCUT2D eigenvalue weighted by atomic mass is 9.77. The summed E-state index contributed by atoms with van der Waals surface area (Å²) < 4.78 is 21.7. The van der Waals surface area contributed by atoms with E-state index in [9.17, 15) is 9.59 Å². The maximum absolute atomic E-state index is 11.3. The maximum atomic E-state index is 11.3. The number of H-pyrrole nitrogens is 2. The predicted octanol–water partition coefficient (Wildman–Crippen LogP) is 25.0. The number of nitrogens with one attached hydrogen (secondary N) is 2. The summed E-state index contributed by atoms with van der Waals surface area (Å²) in [6.45, 7) is 10.3. The van der Waals surface area contributed by atoms with E-state index < -0.39 is 17.0 Å². The van der Waals surface area contributed by atoms with E-state index in [1.165, 1.54) is 68.5 Å². The first kappa shape index (κ1) is 100.0. The summed E-state index contributed by atoms with van der Waals surface area (Å²) in [5.74, 6) is 1.84. The number of aliphatic carboxylic acids is 1. The number of carbonyl (C=O) groups is 2. The minimum atomic E-state index is -0.843. The van der Waals surface area contributed by atoms with E-state index in [2.05, 4.69) is 363 Å². The standard InChI is InChI=1S/C23H18N2O.C22H18N2.C16H14N2.C14H14N4O2.C13H14N4.C12H14N2O.C12H12N2.C11H12N2/c26-17-22-16-25(18-24-22)23(19-10-4-1-5-11-19,20-12-6-2-7-13-20)21-14-8-3-9-15-21;1-4-10-19(11-5-1)22(24-17-16-23-18-24,20-12-6-2-7-13-20)21-14-8-3-9-15-21;1-3-7-14(8-4-1)16(18-12-11-17-13-18)15-9-5-2-6-10-15;1-9-16-11-3-2-10(6-12(11)17-9)13(7-14(19)20)18-5-4-15-8-18;1-9(17-6-5-14-8-17)11-3-4-12-13(7-11)16-10(2)15-12;1-10(14-8-7-13-9-14)11-3-5-12(15-2)6-4-11;1-2-4-11-10(3-1)5-6-12(11)14-8-7-13-9-14;1-10(13-8-7-12-9-13)11-5-3-2-4-6-11/h1-18H;1-18H;1-13,16H;2-6,8,13H,7H2,1H3,(H,16,17)(H,19,20);3-9H,1-2H3,(H,15,16);3-10H,1-2H3;1-4,7-9,12H,5-6H2;2-10H,1H3. The fourth-order valence-corrected chi connectivity index (χ4v) is 19.0. The molecule has 0 fully saturated rings. The normalized spacial score (nSPS) is 12.6. The summed E-state index contributed by atoms with van der Waals surface area (Å²) in [6.07, 6.45) is 45.9. The molecule has 0 bridgehead atoms. The highest BCUT2D eigenvalue weighted by molar-refractivity contribution is 5.77. The molecule has 5 atom stereocenters. The van der Waals surface area contributed by atoms with Crippen molar-refractivity contribution in [2.75, 3.05) is 7.11 Å². The molecule has 0 radical (unpaired) electrons. The number of ether oxygens (including phenoxy) is 1. The van der Waals surface area contributed by atoms with Crippen molar-refractivity contribution in [1.82, 2.24) is 96.3 Å². The van der Waals surface area contributed by atoms with Crippen molar-refractivity contribution in [3.8, 4) is 5.75 Å². The van der Waals surface area contributed by atoms with Gasteiger partial charge in [0.2, 0.25) is 0 Å². The van der Waals surface area contributed by atoms with E-state index in [0.717, 1.165) is 68.0 Å². The lowest BCUT2D eigenvalue weighted by molar-refractivity contribution is -0.137. The molecule has 24 nitrogen and oxygen atoms in total. The van der Waals surface area contributed by atoms with Gasteiger partial charge in [0, 0.05) is 93.0 Å². The third-order valence-corrected chi connectivity index (χ3v) is 26.4. The Morgan fingerprint density at radius 1 is 0.381 bits per heavy atom. The van der Waals surface area contributed by atoms with Crippen LogP contribution in [0.15, 0.2) is 501 Å². The third-order valence-electron chi connectivity index (χ3n) is 26.4. The largest absolute Gasteiger partial charge is 0.497 e. The Bertz CT molecular complexity index is 7550. The second kappa shape index (κ2) is 49.2. The number of imidazole rings is 10. The molecule has 24 heteroatoms. The molecule has 23 aromatic rings. The van der Waals surface area contributed by atoms with Crippen LogP contribution in [0.4, 0.5) is 0 Å². The molecule has 24 rings (SSSR count). The fourth-order valence-electron chi connectivity index (χ4n) is 19.0. The molecule has 0 spiro atoms. The minimum Gasteiger partial charge on any atom is -0.497 e. The summed E-state index contributed by atoms with van der Waals surface area (Å²) in [7, 11) is 1.67. The second-order valence-corrected chi connectivity index (χ2v) is 35.5. The van der Waals surface area contributed by atoms with Gasteiger partial charge < -0.3 is 56.3 Å². The van der Waals surface area contributed by atoms with Gasteiger partial charge >= 0.3 is 5.97 Å². The molecule has 3 N–H and O–H groups in total. The molecule has 0 amide bonds. The number of carbonyl (C=O) groups excluding carboxylic acids is 1. The summed E-state index contributed by atoms with van der Waals surface area (Å²) >= 11 is 0. The first-order chi connectivity index (χ1) is 72.2. The van der Waals surface area contributed by atoms with Crippen molar-refractivity contribution in [2.45, 2.75) is 101 Å². The smallest absolute Gasteiger partial charge is 0.305 e. The first-order valence-electron chi connectivity index (χ1n) is 48.9. The molecule has 10 heterocycles. The van der Waals surface area contributed by atoms with Crippen molar-refractivity contribution in [3.63, 3.8) is 0 Å². The molecule has 732 valence electrons. The van der Waals surface area contributed by atoms with E-state index in [1.54, 1.807) is 61.5 Å². The molecule has 10 aromatic heterocycles. The topological polar surface area (TPSA) is 264 Å². The van der Waals surface area contributed by atoms with Gasteiger partial charge in [0.25, 0.3) is 0 Å². The molecular formula is C123H116N20O4. The van der Waals surface area contributed by atoms with Crippen LogP contribution < -0.4 is 4.74 Å². The quantitative estimate of drug-likeness (QED) is 0.0375. The van der Waals surface area contributed by atoms with Gasteiger partial charge in [-0.25, -0.2) is 49.8 Å². The molecule has 0 saturated heterocycles. The Kier molecular flexibility index (Phi) is 33.5. The number of rotatable bonds is 24. The lowest BCUT2D eigenvalue weighted by Crippen LogP contribution is -2.36. The van der Waals surface area contributed by atoms with Gasteiger partial charge in [-0.05, 0) is 162 Å². The minimum absolute atomic E-state index is 0.00891. The van der Waals surface area contributed by atoms with E-state index in [0.29, 0.717) is 23.8 Å².